The quantitative estimate of drug-likeness (QED) is 0.493. The van der Waals surface area contributed by atoms with E-state index < -0.39 is 18.0 Å². The number of benzene rings is 1. The standard InChI is InChI=1S/C17H15FN6O3/c1-10(25)20-8-13-9-24(17(26)27-13)12-3-4-14(15(18)6-12)11-2-5-16(21-7-11)22-23-19/h2-7,13H,8-9H2,1H3,(H,20,25)/t13-/m0/s1. The number of pyridine rings is 1. The maximum Gasteiger partial charge on any atom is 0.414 e. The highest BCUT2D eigenvalue weighted by atomic mass is 19.1. The second-order valence-corrected chi connectivity index (χ2v) is 5.81. The Labute approximate surface area is 153 Å². The van der Waals surface area contributed by atoms with E-state index in [2.05, 4.69) is 20.3 Å². The number of carbonyl (C=O) groups excluding carboxylic acids is 2. The van der Waals surface area contributed by atoms with Crippen LogP contribution in [0, 0.1) is 5.82 Å². The molecule has 1 saturated heterocycles. The SMILES string of the molecule is CC(=O)NC[C@H]1CN(c2ccc(-c3ccc(N=[N+]=[N-])nc3)c(F)c2)C(=O)O1. The zero-order valence-electron chi connectivity index (χ0n) is 14.3. The van der Waals surface area contributed by atoms with Crippen molar-refractivity contribution < 1.29 is 18.7 Å². The van der Waals surface area contributed by atoms with Crippen molar-refractivity contribution in [2.45, 2.75) is 13.0 Å². The van der Waals surface area contributed by atoms with Crippen LogP contribution >= 0.6 is 0 Å². The number of azide groups is 1. The number of anilines is 1. The van der Waals surface area contributed by atoms with E-state index in [1.54, 1.807) is 12.1 Å². The van der Waals surface area contributed by atoms with Crippen LogP contribution in [0.15, 0.2) is 41.6 Å². The molecule has 0 spiro atoms. The Kier molecular flexibility index (Phi) is 5.18. The molecule has 2 amide bonds. The van der Waals surface area contributed by atoms with Gasteiger partial charge < -0.3 is 10.1 Å². The molecule has 27 heavy (non-hydrogen) atoms. The summed E-state index contributed by atoms with van der Waals surface area (Å²) in [7, 11) is 0. The smallest absolute Gasteiger partial charge is 0.414 e. The number of nitrogens with one attached hydrogen (secondary N) is 1. The minimum absolute atomic E-state index is 0.184. The van der Waals surface area contributed by atoms with E-state index >= 15 is 0 Å². The monoisotopic (exact) mass is 370 g/mol. The van der Waals surface area contributed by atoms with E-state index in [1.165, 1.54) is 36.2 Å². The number of rotatable bonds is 5. The minimum atomic E-state index is -0.599. The third-order valence-electron chi connectivity index (χ3n) is 3.92. The number of amides is 2. The average Bonchev–Trinajstić information content (AvgIpc) is 3.02. The first-order valence-corrected chi connectivity index (χ1v) is 8.01. The lowest BCUT2D eigenvalue weighted by Gasteiger charge is -2.14. The largest absolute Gasteiger partial charge is 0.442 e. The van der Waals surface area contributed by atoms with Crippen LogP contribution in [0.3, 0.4) is 0 Å². The molecule has 138 valence electrons. The molecule has 0 aliphatic carbocycles. The van der Waals surface area contributed by atoms with Crippen LogP contribution in [-0.2, 0) is 9.53 Å². The third-order valence-corrected chi connectivity index (χ3v) is 3.92. The van der Waals surface area contributed by atoms with Crippen LogP contribution in [-0.4, -0.2) is 36.2 Å². The van der Waals surface area contributed by atoms with E-state index in [0.717, 1.165) is 0 Å². The van der Waals surface area contributed by atoms with E-state index in [1.807, 2.05) is 0 Å². The number of carbonyl (C=O) groups is 2. The fourth-order valence-corrected chi connectivity index (χ4v) is 2.65. The van der Waals surface area contributed by atoms with Crippen molar-refractivity contribution >= 4 is 23.5 Å². The maximum atomic E-state index is 14.6. The van der Waals surface area contributed by atoms with Gasteiger partial charge in [0.1, 0.15) is 17.7 Å². The number of ether oxygens (including phenoxy) is 1. The van der Waals surface area contributed by atoms with Crippen LogP contribution in [0.4, 0.5) is 20.7 Å². The van der Waals surface area contributed by atoms with Gasteiger partial charge in [-0.2, -0.15) is 0 Å². The summed E-state index contributed by atoms with van der Waals surface area (Å²) >= 11 is 0. The van der Waals surface area contributed by atoms with Crippen LogP contribution < -0.4 is 10.2 Å². The molecule has 1 fully saturated rings. The lowest BCUT2D eigenvalue weighted by Crippen LogP contribution is -2.33. The van der Waals surface area contributed by atoms with Gasteiger partial charge in [0.25, 0.3) is 0 Å². The molecule has 1 aliphatic rings. The predicted octanol–water partition coefficient (Wildman–Crippen LogP) is 3.29. The molecule has 2 aromatic rings. The van der Waals surface area contributed by atoms with Crippen molar-refractivity contribution in [3.05, 3.63) is 52.8 Å². The van der Waals surface area contributed by atoms with Crippen molar-refractivity contribution in [1.29, 1.82) is 0 Å². The summed E-state index contributed by atoms with van der Waals surface area (Å²) < 4.78 is 19.7. The highest BCUT2D eigenvalue weighted by Crippen LogP contribution is 2.29. The fourth-order valence-electron chi connectivity index (χ4n) is 2.65. The highest BCUT2D eigenvalue weighted by molar-refractivity contribution is 5.90. The summed E-state index contributed by atoms with van der Waals surface area (Å²) in [6.45, 7) is 1.78. The van der Waals surface area contributed by atoms with Gasteiger partial charge in [0.05, 0.1) is 18.8 Å². The second kappa shape index (κ2) is 7.71. The molecule has 0 saturated carbocycles. The van der Waals surface area contributed by atoms with Gasteiger partial charge in [-0.3, -0.25) is 14.7 Å². The molecular formula is C17H15FN6O3. The summed E-state index contributed by atoms with van der Waals surface area (Å²) in [6.07, 6.45) is 0.301. The Morgan fingerprint density at radius 1 is 1.48 bits per heavy atom. The molecule has 9 nitrogen and oxygen atoms in total. The topological polar surface area (TPSA) is 120 Å². The molecule has 1 aromatic heterocycles. The van der Waals surface area contributed by atoms with Crippen LogP contribution in [0.1, 0.15) is 6.92 Å². The summed E-state index contributed by atoms with van der Waals surface area (Å²) in [5, 5.41) is 5.94. The Hall–Kier alpha value is -3.65. The molecule has 2 heterocycles. The van der Waals surface area contributed by atoms with Gasteiger partial charge >= 0.3 is 6.09 Å². The fraction of sp³-hybridized carbons (Fsp3) is 0.235. The molecule has 1 N–H and O–H groups in total. The van der Waals surface area contributed by atoms with Crippen molar-refractivity contribution in [2.24, 2.45) is 5.11 Å². The Morgan fingerprint density at radius 2 is 2.30 bits per heavy atom. The number of hydrogen-bond donors (Lipinski definition) is 1. The second-order valence-electron chi connectivity index (χ2n) is 5.81. The van der Waals surface area contributed by atoms with Gasteiger partial charge in [-0.1, -0.05) is 6.07 Å². The predicted molar refractivity (Wildman–Crippen MR) is 94.7 cm³/mol. The van der Waals surface area contributed by atoms with Crippen LogP contribution in [0.5, 0.6) is 0 Å². The van der Waals surface area contributed by atoms with E-state index in [9.17, 15) is 14.0 Å². The van der Waals surface area contributed by atoms with Crippen LogP contribution in [0.25, 0.3) is 21.6 Å². The minimum Gasteiger partial charge on any atom is -0.442 e. The number of cyclic esters (lactones) is 1. The Bertz CT molecular complexity index is 927. The number of aromatic nitrogens is 1. The highest BCUT2D eigenvalue weighted by Gasteiger charge is 2.32. The molecule has 1 atom stereocenters. The lowest BCUT2D eigenvalue weighted by molar-refractivity contribution is -0.119. The summed E-state index contributed by atoms with van der Waals surface area (Å²) in [4.78, 5) is 30.9. The van der Waals surface area contributed by atoms with Gasteiger partial charge in [0.15, 0.2) is 0 Å². The molecule has 0 radical (unpaired) electrons. The number of hydrogen-bond acceptors (Lipinski definition) is 5. The van der Waals surface area contributed by atoms with Gasteiger partial charge in [0, 0.05) is 29.2 Å². The first-order chi connectivity index (χ1) is 13.0. The Balaban J connectivity index is 1.77. The molecule has 0 bridgehead atoms. The zero-order valence-corrected chi connectivity index (χ0v) is 14.3. The molecular weight excluding hydrogens is 355 g/mol. The molecule has 1 aliphatic heterocycles. The number of halogens is 1. The first-order valence-electron chi connectivity index (χ1n) is 8.01. The van der Waals surface area contributed by atoms with E-state index in [-0.39, 0.29) is 24.8 Å². The Morgan fingerprint density at radius 3 is 2.93 bits per heavy atom. The van der Waals surface area contributed by atoms with Crippen molar-refractivity contribution in [1.82, 2.24) is 10.3 Å². The molecule has 1 aromatic carbocycles. The van der Waals surface area contributed by atoms with E-state index in [0.29, 0.717) is 16.8 Å². The van der Waals surface area contributed by atoms with Crippen molar-refractivity contribution in [3.63, 3.8) is 0 Å². The lowest BCUT2D eigenvalue weighted by atomic mass is 10.1. The van der Waals surface area contributed by atoms with Crippen molar-refractivity contribution in [3.8, 4) is 11.1 Å². The zero-order chi connectivity index (χ0) is 19.4. The van der Waals surface area contributed by atoms with E-state index in [4.69, 9.17) is 10.3 Å². The third kappa shape index (κ3) is 4.13. The first kappa shape index (κ1) is 18.2. The number of nitrogens with zero attached hydrogens (tertiary/aromatic N) is 5. The molecule has 3 rings (SSSR count). The summed E-state index contributed by atoms with van der Waals surface area (Å²) in [6, 6.07) is 7.43. The van der Waals surface area contributed by atoms with Gasteiger partial charge in [0.2, 0.25) is 5.91 Å². The average molecular weight is 370 g/mol. The molecule has 10 heteroatoms. The maximum absolute atomic E-state index is 14.6. The normalized spacial score (nSPS) is 15.9. The van der Waals surface area contributed by atoms with Crippen molar-refractivity contribution in [2.75, 3.05) is 18.0 Å². The van der Waals surface area contributed by atoms with Gasteiger partial charge in [-0.25, -0.2) is 9.18 Å². The van der Waals surface area contributed by atoms with Gasteiger partial charge in [-0.05, 0) is 34.9 Å². The van der Waals surface area contributed by atoms with Crippen LogP contribution in [0.2, 0.25) is 0 Å². The molecule has 0 unspecified atom stereocenters. The summed E-state index contributed by atoms with van der Waals surface area (Å²) in [5.74, 6) is -0.577. The summed E-state index contributed by atoms with van der Waals surface area (Å²) in [5.41, 5.74) is 9.53. The van der Waals surface area contributed by atoms with Gasteiger partial charge in [-0.15, -0.1) is 0 Å².